The minimum atomic E-state index is 1.26. The van der Waals surface area contributed by atoms with E-state index in [-0.39, 0.29) is 0 Å². The predicted molar refractivity (Wildman–Crippen MR) is 112 cm³/mol. The number of hydrogen-bond donors (Lipinski definition) is 0. The van der Waals surface area contributed by atoms with Crippen LogP contribution >= 0.6 is 0 Å². The highest BCUT2D eigenvalue weighted by Crippen LogP contribution is 2.32. The molecule has 0 radical (unpaired) electrons. The quantitative estimate of drug-likeness (QED) is 0.318. The second-order valence-electron chi connectivity index (χ2n) is 6.67. The lowest BCUT2D eigenvalue weighted by molar-refractivity contribution is 1.64. The minimum Gasteiger partial charge on any atom is -0.0622 e. The molecule has 5 aromatic carbocycles. The molecule has 0 heterocycles. The summed E-state index contributed by atoms with van der Waals surface area (Å²) in [5, 5.41) is 5.13. The summed E-state index contributed by atoms with van der Waals surface area (Å²) in [5.74, 6) is 0. The Labute approximate surface area is 153 Å². The second-order valence-corrected chi connectivity index (χ2v) is 6.67. The average molecular weight is 330 g/mol. The van der Waals surface area contributed by atoms with Gasteiger partial charge in [-0.15, -0.1) is 0 Å². The van der Waals surface area contributed by atoms with Crippen LogP contribution < -0.4 is 0 Å². The highest BCUT2D eigenvalue weighted by Gasteiger charge is 2.05. The zero-order valence-electron chi connectivity index (χ0n) is 14.4. The number of rotatable bonds is 2. The topological polar surface area (TPSA) is 0 Å². The Kier molecular flexibility index (Phi) is 3.54. The Morgan fingerprint density at radius 2 is 1.00 bits per heavy atom. The van der Waals surface area contributed by atoms with Crippen molar-refractivity contribution in [1.29, 1.82) is 0 Å². The smallest absolute Gasteiger partial charge is 0.0105 e. The van der Waals surface area contributed by atoms with Crippen molar-refractivity contribution in [3.63, 3.8) is 0 Å². The standard InChI is InChI=1S/C26H18/c1-2-7-19(8-3-1)21-13-14-23-18-24(16-15-22(23)17-21)26-12-6-10-20-9-4-5-11-25(20)26/h1-18H. The van der Waals surface area contributed by atoms with E-state index in [1.54, 1.807) is 0 Å². The van der Waals surface area contributed by atoms with E-state index in [0.29, 0.717) is 0 Å². The molecule has 5 rings (SSSR count). The van der Waals surface area contributed by atoms with Crippen LogP contribution in [0, 0.1) is 0 Å². The van der Waals surface area contributed by atoms with Crippen LogP contribution in [0.1, 0.15) is 0 Å². The molecule has 0 aliphatic carbocycles. The van der Waals surface area contributed by atoms with Crippen LogP contribution in [0.25, 0.3) is 43.8 Å². The summed E-state index contributed by atoms with van der Waals surface area (Å²) in [6, 6.07) is 39.1. The van der Waals surface area contributed by atoms with Crippen molar-refractivity contribution >= 4 is 21.5 Å². The maximum Gasteiger partial charge on any atom is -0.0105 e. The summed E-state index contributed by atoms with van der Waals surface area (Å²) in [5.41, 5.74) is 5.07. The van der Waals surface area contributed by atoms with Crippen molar-refractivity contribution < 1.29 is 0 Å². The van der Waals surface area contributed by atoms with Crippen LogP contribution in [-0.4, -0.2) is 0 Å². The van der Waals surface area contributed by atoms with Gasteiger partial charge in [0.1, 0.15) is 0 Å². The van der Waals surface area contributed by atoms with Gasteiger partial charge in [-0.1, -0.05) is 97.1 Å². The van der Waals surface area contributed by atoms with E-state index in [2.05, 4.69) is 109 Å². The van der Waals surface area contributed by atoms with Crippen molar-refractivity contribution in [1.82, 2.24) is 0 Å². The lowest BCUT2D eigenvalue weighted by Crippen LogP contribution is -1.83. The lowest BCUT2D eigenvalue weighted by atomic mass is 9.95. The van der Waals surface area contributed by atoms with Crippen LogP contribution in [-0.2, 0) is 0 Å². The first kappa shape index (κ1) is 14.9. The molecule has 5 aromatic rings. The molecule has 0 saturated carbocycles. The monoisotopic (exact) mass is 330 g/mol. The highest BCUT2D eigenvalue weighted by atomic mass is 14.1. The lowest BCUT2D eigenvalue weighted by Gasteiger charge is -2.09. The van der Waals surface area contributed by atoms with Gasteiger partial charge in [-0.3, -0.25) is 0 Å². The first-order chi connectivity index (χ1) is 12.9. The normalized spacial score (nSPS) is 11.1. The fourth-order valence-electron chi connectivity index (χ4n) is 3.70. The van der Waals surface area contributed by atoms with Crippen LogP contribution in [0.5, 0.6) is 0 Å². The summed E-state index contributed by atoms with van der Waals surface area (Å²) in [6.45, 7) is 0. The predicted octanol–water partition coefficient (Wildman–Crippen LogP) is 7.33. The van der Waals surface area contributed by atoms with E-state index in [9.17, 15) is 0 Å². The zero-order valence-corrected chi connectivity index (χ0v) is 14.4. The molecule has 0 heteroatoms. The Hall–Kier alpha value is -3.38. The number of fused-ring (bicyclic) bond motifs is 2. The third-order valence-electron chi connectivity index (χ3n) is 5.05. The number of benzene rings is 5. The molecule has 0 saturated heterocycles. The molecule has 0 amide bonds. The molecule has 122 valence electrons. The van der Waals surface area contributed by atoms with Gasteiger partial charge < -0.3 is 0 Å². The van der Waals surface area contributed by atoms with Crippen LogP contribution in [0.2, 0.25) is 0 Å². The highest BCUT2D eigenvalue weighted by molar-refractivity contribution is 5.99. The maximum absolute atomic E-state index is 2.30. The van der Waals surface area contributed by atoms with Crippen molar-refractivity contribution in [2.24, 2.45) is 0 Å². The van der Waals surface area contributed by atoms with Gasteiger partial charge in [0.05, 0.1) is 0 Å². The minimum absolute atomic E-state index is 1.26. The van der Waals surface area contributed by atoms with Gasteiger partial charge in [-0.25, -0.2) is 0 Å². The Morgan fingerprint density at radius 3 is 1.85 bits per heavy atom. The van der Waals surface area contributed by atoms with E-state index in [0.717, 1.165) is 0 Å². The van der Waals surface area contributed by atoms with Crippen molar-refractivity contribution in [3.05, 3.63) is 109 Å². The molecular weight excluding hydrogens is 312 g/mol. The fourth-order valence-corrected chi connectivity index (χ4v) is 3.70. The first-order valence-corrected chi connectivity index (χ1v) is 8.96. The van der Waals surface area contributed by atoms with Gasteiger partial charge in [-0.05, 0) is 55.9 Å². The van der Waals surface area contributed by atoms with Crippen molar-refractivity contribution in [2.75, 3.05) is 0 Å². The fraction of sp³-hybridized carbons (Fsp3) is 0. The Balaban J connectivity index is 1.64. The molecule has 0 spiro atoms. The van der Waals surface area contributed by atoms with Crippen LogP contribution in [0.3, 0.4) is 0 Å². The summed E-state index contributed by atoms with van der Waals surface area (Å²) in [6.07, 6.45) is 0. The Bertz CT molecular complexity index is 1210. The van der Waals surface area contributed by atoms with Gasteiger partial charge in [0.2, 0.25) is 0 Å². The summed E-state index contributed by atoms with van der Waals surface area (Å²) >= 11 is 0. The summed E-state index contributed by atoms with van der Waals surface area (Å²) < 4.78 is 0. The molecule has 0 fully saturated rings. The number of hydrogen-bond acceptors (Lipinski definition) is 0. The van der Waals surface area contributed by atoms with Gasteiger partial charge in [0, 0.05) is 0 Å². The summed E-state index contributed by atoms with van der Waals surface area (Å²) in [7, 11) is 0. The molecule has 0 aromatic heterocycles. The molecular formula is C26H18. The van der Waals surface area contributed by atoms with E-state index in [4.69, 9.17) is 0 Å². The largest absolute Gasteiger partial charge is 0.0622 e. The molecule has 0 atom stereocenters. The average Bonchev–Trinajstić information content (AvgIpc) is 2.73. The maximum atomic E-state index is 2.30. The molecule has 26 heavy (non-hydrogen) atoms. The third-order valence-corrected chi connectivity index (χ3v) is 5.05. The molecule has 0 unspecified atom stereocenters. The van der Waals surface area contributed by atoms with E-state index < -0.39 is 0 Å². The van der Waals surface area contributed by atoms with E-state index >= 15 is 0 Å². The van der Waals surface area contributed by atoms with Gasteiger partial charge in [-0.2, -0.15) is 0 Å². The van der Waals surface area contributed by atoms with Crippen molar-refractivity contribution in [2.45, 2.75) is 0 Å². The van der Waals surface area contributed by atoms with Crippen LogP contribution in [0.15, 0.2) is 109 Å². The summed E-state index contributed by atoms with van der Waals surface area (Å²) in [4.78, 5) is 0. The second kappa shape index (κ2) is 6.16. The first-order valence-electron chi connectivity index (χ1n) is 8.96. The van der Waals surface area contributed by atoms with Crippen molar-refractivity contribution in [3.8, 4) is 22.3 Å². The van der Waals surface area contributed by atoms with Gasteiger partial charge >= 0.3 is 0 Å². The van der Waals surface area contributed by atoms with E-state index in [1.807, 2.05) is 0 Å². The van der Waals surface area contributed by atoms with E-state index in [1.165, 1.54) is 43.8 Å². The molecule has 0 aliphatic rings. The van der Waals surface area contributed by atoms with Gasteiger partial charge in [0.25, 0.3) is 0 Å². The SMILES string of the molecule is c1ccc(-c2ccc3cc(-c4cccc5ccccc45)ccc3c2)cc1. The zero-order chi connectivity index (χ0) is 17.3. The Morgan fingerprint density at radius 1 is 0.346 bits per heavy atom. The molecule has 0 N–H and O–H groups in total. The van der Waals surface area contributed by atoms with Crippen LogP contribution in [0.4, 0.5) is 0 Å². The molecule has 0 nitrogen and oxygen atoms in total. The third kappa shape index (κ3) is 2.57. The molecule has 0 aliphatic heterocycles. The molecule has 0 bridgehead atoms. The van der Waals surface area contributed by atoms with Gasteiger partial charge in [0.15, 0.2) is 0 Å².